The molecule has 0 spiro atoms. The summed E-state index contributed by atoms with van der Waals surface area (Å²) in [5, 5.41) is 3.55. The number of hydrogen-bond acceptors (Lipinski definition) is 4. The number of rotatable bonds is 8. The molecule has 1 aromatic carbocycles. The SMILES string of the molecule is CCNC(CCCOCC)c1ccc2c(c1)OCCCO2. The van der Waals surface area contributed by atoms with Crippen LogP contribution in [0, 0.1) is 0 Å². The molecule has 1 N–H and O–H groups in total. The lowest BCUT2D eigenvalue weighted by atomic mass is 10.0. The minimum atomic E-state index is 0.340. The van der Waals surface area contributed by atoms with Gasteiger partial charge in [-0.2, -0.15) is 0 Å². The second-order valence-electron chi connectivity index (χ2n) is 5.21. The van der Waals surface area contributed by atoms with E-state index in [1.165, 1.54) is 5.56 Å². The van der Waals surface area contributed by atoms with Crippen molar-refractivity contribution >= 4 is 0 Å². The van der Waals surface area contributed by atoms with E-state index in [4.69, 9.17) is 14.2 Å². The molecule has 0 aromatic heterocycles. The highest BCUT2D eigenvalue weighted by Crippen LogP contribution is 2.33. The fraction of sp³-hybridized carbons (Fsp3) is 0.647. The largest absolute Gasteiger partial charge is 0.490 e. The van der Waals surface area contributed by atoms with Crippen LogP contribution >= 0.6 is 0 Å². The van der Waals surface area contributed by atoms with Crippen molar-refractivity contribution in [2.45, 2.75) is 39.2 Å². The van der Waals surface area contributed by atoms with Crippen LogP contribution in [0.5, 0.6) is 11.5 Å². The van der Waals surface area contributed by atoms with Crippen LogP contribution in [0.4, 0.5) is 0 Å². The maximum absolute atomic E-state index is 5.78. The first-order chi connectivity index (χ1) is 10.3. The number of benzene rings is 1. The quantitative estimate of drug-likeness (QED) is 0.746. The summed E-state index contributed by atoms with van der Waals surface area (Å²) in [5.41, 5.74) is 1.26. The van der Waals surface area contributed by atoms with Crippen LogP contribution in [0.15, 0.2) is 18.2 Å². The number of hydrogen-bond donors (Lipinski definition) is 1. The standard InChI is InChI=1S/C17H27NO3/c1-3-18-15(7-5-10-19-4-2)14-8-9-16-17(13-14)21-12-6-11-20-16/h8-9,13,15,18H,3-7,10-12H2,1-2H3. The van der Waals surface area contributed by atoms with E-state index in [9.17, 15) is 0 Å². The molecule has 4 heteroatoms. The van der Waals surface area contributed by atoms with E-state index in [0.717, 1.165) is 63.7 Å². The van der Waals surface area contributed by atoms with Crippen LogP contribution in [-0.2, 0) is 4.74 Å². The third-order valence-electron chi connectivity index (χ3n) is 3.61. The Hall–Kier alpha value is -1.26. The van der Waals surface area contributed by atoms with E-state index in [2.05, 4.69) is 24.4 Å². The maximum Gasteiger partial charge on any atom is 0.161 e. The van der Waals surface area contributed by atoms with E-state index < -0.39 is 0 Å². The van der Waals surface area contributed by atoms with Gasteiger partial charge in [-0.15, -0.1) is 0 Å². The molecule has 118 valence electrons. The van der Waals surface area contributed by atoms with Gasteiger partial charge >= 0.3 is 0 Å². The lowest BCUT2D eigenvalue weighted by Crippen LogP contribution is -2.21. The van der Waals surface area contributed by atoms with Crippen LogP contribution in [0.2, 0.25) is 0 Å². The Kier molecular flexibility index (Phi) is 6.83. The molecule has 4 nitrogen and oxygen atoms in total. The van der Waals surface area contributed by atoms with Gasteiger partial charge in [-0.1, -0.05) is 13.0 Å². The summed E-state index contributed by atoms with van der Waals surface area (Å²) < 4.78 is 16.9. The zero-order valence-corrected chi connectivity index (χ0v) is 13.2. The van der Waals surface area contributed by atoms with Gasteiger partial charge in [-0.3, -0.25) is 0 Å². The summed E-state index contributed by atoms with van der Waals surface area (Å²) in [6.45, 7) is 8.20. The van der Waals surface area contributed by atoms with Crippen molar-refractivity contribution in [2.75, 3.05) is 33.0 Å². The van der Waals surface area contributed by atoms with Gasteiger partial charge < -0.3 is 19.5 Å². The number of ether oxygens (including phenoxy) is 3. The first-order valence-electron chi connectivity index (χ1n) is 8.05. The van der Waals surface area contributed by atoms with Crippen molar-refractivity contribution < 1.29 is 14.2 Å². The second kappa shape index (κ2) is 8.90. The minimum Gasteiger partial charge on any atom is -0.490 e. The lowest BCUT2D eigenvalue weighted by Gasteiger charge is -2.20. The molecule has 0 amide bonds. The Bertz CT molecular complexity index is 422. The van der Waals surface area contributed by atoms with Gasteiger partial charge in [-0.05, 0) is 44.0 Å². The van der Waals surface area contributed by atoms with Gasteiger partial charge in [0.05, 0.1) is 13.2 Å². The average Bonchev–Trinajstić information content (AvgIpc) is 2.75. The number of fused-ring (bicyclic) bond motifs is 1. The Labute approximate surface area is 127 Å². The monoisotopic (exact) mass is 293 g/mol. The highest BCUT2D eigenvalue weighted by Gasteiger charge is 2.15. The zero-order valence-electron chi connectivity index (χ0n) is 13.2. The molecule has 0 saturated carbocycles. The molecule has 0 bridgehead atoms. The molecular weight excluding hydrogens is 266 g/mol. The van der Waals surface area contributed by atoms with Crippen molar-refractivity contribution in [3.63, 3.8) is 0 Å². The molecule has 1 aliphatic heterocycles. The van der Waals surface area contributed by atoms with Crippen molar-refractivity contribution in [1.82, 2.24) is 5.32 Å². The topological polar surface area (TPSA) is 39.7 Å². The Morgan fingerprint density at radius 1 is 1.19 bits per heavy atom. The predicted octanol–water partition coefficient (Wildman–Crippen LogP) is 3.32. The molecule has 1 aliphatic rings. The molecule has 0 fully saturated rings. The van der Waals surface area contributed by atoms with E-state index in [1.54, 1.807) is 0 Å². The van der Waals surface area contributed by atoms with Crippen molar-refractivity contribution in [3.8, 4) is 11.5 Å². The van der Waals surface area contributed by atoms with Gasteiger partial charge in [0.15, 0.2) is 11.5 Å². The Morgan fingerprint density at radius 2 is 2.00 bits per heavy atom. The highest BCUT2D eigenvalue weighted by molar-refractivity contribution is 5.44. The van der Waals surface area contributed by atoms with Crippen LogP contribution in [0.25, 0.3) is 0 Å². The minimum absolute atomic E-state index is 0.340. The molecule has 1 unspecified atom stereocenters. The van der Waals surface area contributed by atoms with Crippen LogP contribution in [0.1, 0.15) is 44.7 Å². The number of nitrogens with one attached hydrogen (secondary N) is 1. The fourth-order valence-electron chi connectivity index (χ4n) is 2.56. The lowest BCUT2D eigenvalue weighted by molar-refractivity contribution is 0.141. The summed E-state index contributed by atoms with van der Waals surface area (Å²) in [5.74, 6) is 1.73. The maximum atomic E-state index is 5.78. The Balaban J connectivity index is 2.03. The first kappa shape index (κ1) is 16.1. The van der Waals surface area contributed by atoms with Crippen LogP contribution in [0.3, 0.4) is 0 Å². The second-order valence-corrected chi connectivity index (χ2v) is 5.21. The molecule has 0 saturated heterocycles. The van der Waals surface area contributed by atoms with E-state index >= 15 is 0 Å². The van der Waals surface area contributed by atoms with Gasteiger partial charge in [0.25, 0.3) is 0 Å². The highest BCUT2D eigenvalue weighted by atomic mass is 16.5. The summed E-state index contributed by atoms with van der Waals surface area (Å²) >= 11 is 0. The van der Waals surface area contributed by atoms with Gasteiger partial charge in [0.1, 0.15) is 0 Å². The van der Waals surface area contributed by atoms with Crippen LogP contribution in [-0.4, -0.2) is 33.0 Å². The molecule has 21 heavy (non-hydrogen) atoms. The third kappa shape index (κ3) is 4.90. The summed E-state index contributed by atoms with van der Waals surface area (Å²) in [7, 11) is 0. The Morgan fingerprint density at radius 3 is 2.76 bits per heavy atom. The van der Waals surface area contributed by atoms with Crippen molar-refractivity contribution in [3.05, 3.63) is 23.8 Å². The molecule has 1 heterocycles. The fourth-order valence-corrected chi connectivity index (χ4v) is 2.56. The summed E-state index contributed by atoms with van der Waals surface area (Å²) in [6.07, 6.45) is 3.06. The van der Waals surface area contributed by atoms with Gasteiger partial charge in [0.2, 0.25) is 0 Å². The molecule has 0 radical (unpaired) electrons. The zero-order chi connectivity index (χ0) is 14.9. The van der Waals surface area contributed by atoms with Gasteiger partial charge in [-0.25, -0.2) is 0 Å². The summed E-state index contributed by atoms with van der Waals surface area (Å²) in [4.78, 5) is 0. The van der Waals surface area contributed by atoms with E-state index in [-0.39, 0.29) is 0 Å². The molecule has 0 aliphatic carbocycles. The smallest absolute Gasteiger partial charge is 0.161 e. The molecule has 1 aromatic rings. The summed E-state index contributed by atoms with van der Waals surface area (Å²) in [6, 6.07) is 6.63. The molecule has 1 atom stereocenters. The molecular formula is C17H27NO3. The first-order valence-corrected chi connectivity index (χ1v) is 8.05. The van der Waals surface area contributed by atoms with Crippen molar-refractivity contribution in [1.29, 1.82) is 0 Å². The normalized spacial score (nSPS) is 15.5. The molecule has 2 rings (SSSR count). The van der Waals surface area contributed by atoms with Gasteiger partial charge in [0, 0.05) is 25.7 Å². The van der Waals surface area contributed by atoms with E-state index in [0.29, 0.717) is 6.04 Å². The van der Waals surface area contributed by atoms with Crippen molar-refractivity contribution in [2.24, 2.45) is 0 Å². The van der Waals surface area contributed by atoms with E-state index in [1.807, 2.05) is 13.0 Å². The van der Waals surface area contributed by atoms with Crippen LogP contribution < -0.4 is 14.8 Å². The predicted molar refractivity (Wildman–Crippen MR) is 84.2 cm³/mol. The average molecular weight is 293 g/mol. The third-order valence-corrected chi connectivity index (χ3v) is 3.61.